The summed E-state index contributed by atoms with van der Waals surface area (Å²) < 4.78 is 34.6. The number of ether oxygens (including phenoxy) is 1. The molecule has 2 aliphatic rings. The maximum atomic E-state index is 14.4. The van der Waals surface area contributed by atoms with Crippen LogP contribution in [0.25, 0.3) is 0 Å². The summed E-state index contributed by atoms with van der Waals surface area (Å²) in [5.74, 6) is -1.25. The van der Waals surface area contributed by atoms with Crippen LogP contribution in [0.4, 0.5) is 13.8 Å². The molecule has 3 nitrogen and oxygen atoms in total. The molecule has 0 bridgehead atoms. The normalized spacial score (nSPS) is 16.9. The zero-order chi connectivity index (χ0) is 16.7. The van der Waals surface area contributed by atoms with Gasteiger partial charge < -0.3 is 10.1 Å². The fourth-order valence-electron chi connectivity index (χ4n) is 3.02. The van der Waals surface area contributed by atoms with Crippen molar-refractivity contribution in [1.29, 1.82) is 0 Å². The number of hydrogen-bond acceptors (Lipinski definition) is 4. The van der Waals surface area contributed by atoms with Crippen molar-refractivity contribution >= 4 is 39.3 Å². The SMILES string of the molecule is Fc1cccc(F)c1C1=NCC(=S)Nc2sc3c(c21)CCCCO3. The van der Waals surface area contributed by atoms with Crippen LogP contribution in [0.2, 0.25) is 0 Å². The Balaban J connectivity index is 1.96. The van der Waals surface area contributed by atoms with Gasteiger partial charge in [-0.1, -0.05) is 29.6 Å². The van der Waals surface area contributed by atoms with Crippen LogP contribution in [0, 0.1) is 11.6 Å². The number of anilines is 1. The number of nitrogens with zero attached hydrogens (tertiary/aromatic N) is 1. The lowest BCUT2D eigenvalue weighted by Gasteiger charge is -2.10. The van der Waals surface area contributed by atoms with Gasteiger partial charge in [0.25, 0.3) is 0 Å². The topological polar surface area (TPSA) is 33.6 Å². The summed E-state index contributed by atoms with van der Waals surface area (Å²) in [6.45, 7) is 0.854. The summed E-state index contributed by atoms with van der Waals surface area (Å²) in [6, 6.07) is 3.85. The van der Waals surface area contributed by atoms with E-state index in [1.165, 1.54) is 29.5 Å². The number of nitrogens with one attached hydrogen (secondary N) is 1. The number of hydrogen-bond donors (Lipinski definition) is 1. The van der Waals surface area contributed by atoms with Gasteiger partial charge >= 0.3 is 0 Å². The summed E-state index contributed by atoms with van der Waals surface area (Å²) in [7, 11) is 0. The monoisotopic (exact) mass is 364 g/mol. The van der Waals surface area contributed by atoms with Gasteiger partial charge in [0.1, 0.15) is 21.6 Å². The molecule has 0 radical (unpaired) electrons. The zero-order valence-electron chi connectivity index (χ0n) is 12.7. The molecule has 0 aliphatic carbocycles. The smallest absolute Gasteiger partial charge is 0.179 e. The van der Waals surface area contributed by atoms with E-state index in [1.54, 1.807) is 0 Å². The minimum absolute atomic E-state index is 0.102. The van der Waals surface area contributed by atoms with Gasteiger partial charge in [0.2, 0.25) is 0 Å². The van der Waals surface area contributed by atoms with Crippen molar-refractivity contribution in [3.05, 3.63) is 46.5 Å². The molecule has 0 saturated carbocycles. The number of aliphatic imine (C=N–C) groups is 1. The fraction of sp³-hybridized carbons (Fsp3) is 0.294. The van der Waals surface area contributed by atoms with E-state index in [0.29, 0.717) is 17.3 Å². The molecule has 124 valence electrons. The van der Waals surface area contributed by atoms with E-state index in [9.17, 15) is 8.78 Å². The first-order valence-corrected chi connectivity index (χ1v) is 8.95. The van der Waals surface area contributed by atoms with Crippen LogP contribution in [-0.2, 0) is 6.42 Å². The number of rotatable bonds is 1. The summed E-state index contributed by atoms with van der Waals surface area (Å²) in [6.07, 6.45) is 2.72. The highest BCUT2D eigenvalue weighted by molar-refractivity contribution is 7.80. The van der Waals surface area contributed by atoms with Gasteiger partial charge in [-0.05, 0) is 31.4 Å². The Kier molecular flexibility index (Phi) is 4.05. The largest absolute Gasteiger partial charge is 0.484 e. The molecule has 1 aromatic carbocycles. The number of benzene rings is 1. The van der Waals surface area contributed by atoms with Crippen molar-refractivity contribution in [2.45, 2.75) is 19.3 Å². The van der Waals surface area contributed by atoms with Gasteiger partial charge in [0, 0.05) is 11.1 Å². The van der Waals surface area contributed by atoms with Crippen LogP contribution in [0.1, 0.15) is 29.5 Å². The lowest BCUT2D eigenvalue weighted by Crippen LogP contribution is -2.11. The second kappa shape index (κ2) is 6.22. The molecule has 0 fully saturated rings. The fourth-order valence-corrected chi connectivity index (χ4v) is 4.40. The Morgan fingerprint density at radius 2 is 1.96 bits per heavy atom. The van der Waals surface area contributed by atoms with Crippen molar-refractivity contribution in [3.8, 4) is 5.06 Å². The molecule has 24 heavy (non-hydrogen) atoms. The number of thiocarbonyl (C=S) groups is 1. The molecular formula is C17H14F2N2OS2. The van der Waals surface area contributed by atoms with E-state index >= 15 is 0 Å². The predicted octanol–water partition coefficient (Wildman–Crippen LogP) is 4.33. The van der Waals surface area contributed by atoms with Crippen LogP contribution in [-0.4, -0.2) is 23.9 Å². The standard InChI is InChI=1S/C17H14F2N2OS2/c18-10-5-3-6-11(19)14(10)15-13-9-4-1-2-7-22-17(9)24-16(13)21-12(23)8-20-15/h3,5-6H,1-2,4,7-8H2,(H,21,23). The lowest BCUT2D eigenvalue weighted by molar-refractivity contribution is 0.325. The van der Waals surface area contributed by atoms with Gasteiger partial charge in [-0.25, -0.2) is 8.78 Å². The third-order valence-electron chi connectivity index (χ3n) is 4.09. The molecule has 0 unspecified atom stereocenters. The molecule has 0 spiro atoms. The number of thiophene rings is 1. The second-order valence-electron chi connectivity index (χ2n) is 5.69. The highest BCUT2D eigenvalue weighted by atomic mass is 32.1. The van der Waals surface area contributed by atoms with Gasteiger partial charge in [0.15, 0.2) is 5.06 Å². The average molecular weight is 364 g/mol. The average Bonchev–Trinajstić information content (AvgIpc) is 2.68. The molecule has 0 atom stereocenters. The maximum Gasteiger partial charge on any atom is 0.179 e. The van der Waals surface area contributed by atoms with E-state index in [2.05, 4.69) is 10.3 Å². The minimum atomic E-state index is -0.623. The van der Waals surface area contributed by atoms with Crippen LogP contribution < -0.4 is 10.1 Å². The van der Waals surface area contributed by atoms with Crippen LogP contribution in [0.15, 0.2) is 23.2 Å². The number of fused-ring (bicyclic) bond motifs is 3. The molecule has 1 N–H and O–H groups in total. The van der Waals surface area contributed by atoms with E-state index in [-0.39, 0.29) is 12.1 Å². The second-order valence-corrected chi connectivity index (χ2v) is 7.16. The molecule has 0 amide bonds. The van der Waals surface area contributed by atoms with Crippen LogP contribution in [0.5, 0.6) is 5.06 Å². The van der Waals surface area contributed by atoms with E-state index in [0.717, 1.165) is 40.5 Å². The summed E-state index contributed by atoms with van der Waals surface area (Å²) in [5.41, 5.74) is 1.90. The van der Waals surface area contributed by atoms with Crippen molar-refractivity contribution < 1.29 is 13.5 Å². The van der Waals surface area contributed by atoms with Gasteiger partial charge in [-0.2, -0.15) is 0 Å². The van der Waals surface area contributed by atoms with Crippen LogP contribution in [0.3, 0.4) is 0 Å². The Hall–Kier alpha value is -1.86. The van der Waals surface area contributed by atoms with Crippen molar-refractivity contribution in [2.24, 2.45) is 4.99 Å². The highest BCUT2D eigenvalue weighted by Crippen LogP contribution is 2.44. The molecule has 7 heteroatoms. The molecule has 1 aromatic heterocycles. The van der Waals surface area contributed by atoms with Crippen molar-refractivity contribution in [2.75, 3.05) is 18.5 Å². The third-order valence-corrected chi connectivity index (χ3v) is 5.39. The third kappa shape index (κ3) is 2.61. The summed E-state index contributed by atoms with van der Waals surface area (Å²) in [5, 5.41) is 4.70. The zero-order valence-corrected chi connectivity index (χ0v) is 14.3. The summed E-state index contributed by atoms with van der Waals surface area (Å²) in [4.78, 5) is 4.96. The van der Waals surface area contributed by atoms with Crippen molar-refractivity contribution in [3.63, 3.8) is 0 Å². The lowest BCUT2D eigenvalue weighted by atomic mass is 9.97. The Morgan fingerprint density at radius 3 is 2.75 bits per heavy atom. The molecule has 0 saturated heterocycles. The minimum Gasteiger partial charge on any atom is -0.484 e. The highest BCUT2D eigenvalue weighted by Gasteiger charge is 2.30. The molecule has 2 aromatic rings. The molecule has 2 aliphatic heterocycles. The van der Waals surface area contributed by atoms with E-state index < -0.39 is 11.6 Å². The molecule has 4 rings (SSSR count). The summed E-state index contributed by atoms with van der Waals surface area (Å²) >= 11 is 6.70. The maximum absolute atomic E-state index is 14.4. The first kappa shape index (κ1) is 15.7. The first-order valence-electron chi connectivity index (χ1n) is 7.72. The number of halogens is 2. The Morgan fingerprint density at radius 1 is 1.17 bits per heavy atom. The van der Waals surface area contributed by atoms with Gasteiger partial charge in [-0.15, -0.1) is 0 Å². The van der Waals surface area contributed by atoms with Crippen LogP contribution >= 0.6 is 23.6 Å². The van der Waals surface area contributed by atoms with E-state index in [4.69, 9.17) is 17.0 Å². The quantitative estimate of drug-likeness (QED) is 0.765. The van der Waals surface area contributed by atoms with Gasteiger partial charge in [0.05, 0.1) is 24.4 Å². The molecular weight excluding hydrogens is 350 g/mol. The molecule has 3 heterocycles. The van der Waals surface area contributed by atoms with E-state index in [1.807, 2.05) is 0 Å². The Bertz CT molecular complexity index is 840. The Labute approximate surface area is 147 Å². The first-order chi connectivity index (χ1) is 11.6. The van der Waals surface area contributed by atoms with Gasteiger partial charge in [-0.3, -0.25) is 4.99 Å². The van der Waals surface area contributed by atoms with Crippen molar-refractivity contribution in [1.82, 2.24) is 0 Å². The predicted molar refractivity (Wildman–Crippen MR) is 95.8 cm³/mol.